The van der Waals surface area contributed by atoms with Crippen LogP contribution in [-0.2, 0) is 4.74 Å². The van der Waals surface area contributed by atoms with Crippen LogP contribution in [0.1, 0.15) is 50.9 Å². The van der Waals surface area contributed by atoms with E-state index >= 15 is 0 Å². The molecule has 1 fully saturated rings. The summed E-state index contributed by atoms with van der Waals surface area (Å²) < 4.78 is 54.5. The Morgan fingerprint density at radius 3 is 2.30 bits per heavy atom. The van der Waals surface area contributed by atoms with E-state index in [9.17, 15) is 18.0 Å². The summed E-state index contributed by atoms with van der Waals surface area (Å²) in [6.07, 6.45) is -0.175. The molecule has 1 saturated heterocycles. The van der Waals surface area contributed by atoms with Gasteiger partial charge in [-0.15, -0.1) is 0 Å². The number of aromatic nitrogens is 1. The minimum absolute atomic E-state index is 0.120. The van der Waals surface area contributed by atoms with Gasteiger partial charge in [0.2, 0.25) is 0 Å². The molecule has 0 radical (unpaired) electrons. The molecule has 0 amide bonds. The van der Waals surface area contributed by atoms with Gasteiger partial charge in [0.15, 0.2) is 0 Å². The van der Waals surface area contributed by atoms with Crippen LogP contribution < -0.4 is 4.74 Å². The molecule has 0 saturated carbocycles. The lowest BCUT2D eigenvalue weighted by Gasteiger charge is -2.37. The molecule has 5 rings (SSSR count). The lowest BCUT2D eigenvalue weighted by atomic mass is 9.90. The summed E-state index contributed by atoms with van der Waals surface area (Å²) in [6.45, 7) is 9.62. The zero-order valence-corrected chi connectivity index (χ0v) is 26.1. The third-order valence-corrected chi connectivity index (χ3v) is 7.89. The van der Waals surface area contributed by atoms with E-state index in [0.29, 0.717) is 53.1 Å². The summed E-state index contributed by atoms with van der Waals surface area (Å²) in [5.41, 5.74) is 2.80. The van der Waals surface area contributed by atoms with Gasteiger partial charge in [0.25, 0.3) is 0 Å². The van der Waals surface area contributed by atoms with Crippen molar-refractivity contribution >= 4 is 39.7 Å². The lowest BCUT2D eigenvalue weighted by molar-refractivity contribution is 0.0543. The van der Waals surface area contributed by atoms with Crippen LogP contribution in [0, 0.1) is 17.6 Å². The summed E-state index contributed by atoms with van der Waals surface area (Å²) in [7, 11) is 0. The molecule has 1 aliphatic rings. The standard InChI is InChI=1S/C35H36ClF3N2O3/c1-5-28(29-13-10-25(38)17-30(29)36)33(23-7-11-27(12-8-23)43-15-14-40-20-22(19-37)21-40)32-16-24-6-9-26(39)18-31(24)41(32)34(42)44-35(2,3)4/h6-13,16-18,22H,5,14-15,19-21H2,1-4H3/b33-28+. The normalized spacial score (nSPS) is 14.8. The maximum Gasteiger partial charge on any atom is 0.419 e. The van der Waals surface area contributed by atoms with Crippen LogP contribution in [0.5, 0.6) is 5.75 Å². The number of halogens is 4. The average molecular weight is 625 g/mol. The first-order chi connectivity index (χ1) is 21.0. The molecule has 44 heavy (non-hydrogen) atoms. The van der Waals surface area contributed by atoms with Gasteiger partial charge in [0, 0.05) is 36.5 Å². The molecule has 1 aromatic heterocycles. The third kappa shape index (κ3) is 6.97. The molecule has 232 valence electrons. The first-order valence-corrected chi connectivity index (χ1v) is 15.1. The van der Waals surface area contributed by atoms with E-state index in [1.54, 1.807) is 32.9 Å². The fourth-order valence-electron chi connectivity index (χ4n) is 5.54. The fourth-order valence-corrected chi connectivity index (χ4v) is 5.82. The minimum atomic E-state index is -0.808. The lowest BCUT2D eigenvalue weighted by Crippen LogP contribution is -2.49. The molecule has 0 aliphatic carbocycles. The van der Waals surface area contributed by atoms with Crippen molar-refractivity contribution in [3.63, 3.8) is 0 Å². The number of hydrogen-bond acceptors (Lipinski definition) is 4. The second-order valence-corrected chi connectivity index (χ2v) is 12.4. The number of alkyl halides is 1. The highest BCUT2D eigenvalue weighted by Gasteiger charge is 2.28. The zero-order chi connectivity index (χ0) is 31.6. The smallest absolute Gasteiger partial charge is 0.419 e. The van der Waals surface area contributed by atoms with Crippen LogP contribution in [0.25, 0.3) is 22.0 Å². The van der Waals surface area contributed by atoms with Gasteiger partial charge in [-0.05, 0) is 92.4 Å². The Labute approximate surface area is 260 Å². The summed E-state index contributed by atoms with van der Waals surface area (Å²) in [5, 5.41) is 0.873. The Balaban J connectivity index is 1.62. The van der Waals surface area contributed by atoms with Crippen molar-refractivity contribution in [1.29, 1.82) is 0 Å². The van der Waals surface area contributed by atoms with Gasteiger partial charge in [-0.1, -0.05) is 36.7 Å². The number of fused-ring (bicyclic) bond motifs is 1. The number of nitrogens with zero attached hydrogens (tertiary/aromatic N) is 2. The Morgan fingerprint density at radius 2 is 1.66 bits per heavy atom. The first-order valence-electron chi connectivity index (χ1n) is 14.7. The van der Waals surface area contributed by atoms with Crippen LogP contribution in [0.4, 0.5) is 18.0 Å². The monoisotopic (exact) mass is 624 g/mol. The summed E-state index contributed by atoms with van der Waals surface area (Å²) in [5.74, 6) is -0.179. The molecule has 5 nitrogen and oxygen atoms in total. The number of likely N-dealkylation sites (tertiary alicyclic amines) is 1. The van der Waals surface area contributed by atoms with E-state index in [1.807, 2.05) is 37.3 Å². The number of carbonyl (C=O) groups is 1. The van der Waals surface area contributed by atoms with Crippen molar-refractivity contribution in [2.24, 2.45) is 5.92 Å². The van der Waals surface area contributed by atoms with E-state index in [4.69, 9.17) is 21.1 Å². The number of rotatable bonds is 9. The molecule has 0 N–H and O–H groups in total. The van der Waals surface area contributed by atoms with E-state index < -0.39 is 23.3 Å². The quantitative estimate of drug-likeness (QED) is 0.174. The molecule has 9 heteroatoms. The average Bonchev–Trinajstić information content (AvgIpc) is 3.31. The highest BCUT2D eigenvalue weighted by atomic mass is 35.5. The van der Waals surface area contributed by atoms with Gasteiger partial charge >= 0.3 is 6.09 Å². The van der Waals surface area contributed by atoms with E-state index in [2.05, 4.69) is 4.90 Å². The number of allylic oxidation sites excluding steroid dienone is 1. The van der Waals surface area contributed by atoms with Crippen molar-refractivity contribution in [1.82, 2.24) is 9.47 Å². The van der Waals surface area contributed by atoms with E-state index in [1.165, 1.54) is 28.8 Å². The predicted molar refractivity (Wildman–Crippen MR) is 169 cm³/mol. The summed E-state index contributed by atoms with van der Waals surface area (Å²) >= 11 is 6.59. The number of ether oxygens (including phenoxy) is 2. The Kier molecular flexibility index (Phi) is 9.42. The molecule has 3 aromatic carbocycles. The Morgan fingerprint density at radius 1 is 0.977 bits per heavy atom. The van der Waals surface area contributed by atoms with Crippen LogP contribution in [0.15, 0.2) is 66.7 Å². The van der Waals surface area contributed by atoms with Crippen LogP contribution in [0.2, 0.25) is 5.02 Å². The van der Waals surface area contributed by atoms with E-state index in [0.717, 1.165) is 24.2 Å². The van der Waals surface area contributed by atoms with Crippen molar-refractivity contribution < 1.29 is 27.4 Å². The van der Waals surface area contributed by atoms with Crippen LogP contribution >= 0.6 is 11.6 Å². The van der Waals surface area contributed by atoms with Crippen molar-refractivity contribution in [2.45, 2.75) is 39.7 Å². The molecular weight excluding hydrogens is 589 g/mol. The Hall–Kier alpha value is -3.75. The topological polar surface area (TPSA) is 43.7 Å². The molecule has 4 aromatic rings. The number of carbonyl (C=O) groups excluding carboxylic acids is 1. The second-order valence-electron chi connectivity index (χ2n) is 12.0. The maximum absolute atomic E-state index is 14.5. The van der Waals surface area contributed by atoms with Crippen LogP contribution in [-0.4, -0.2) is 54.1 Å². The first kappa shape index (κ1) is 31.7. The fraction of sp³-hybridized carbons (Fsp3) is 0.343. The summed E-state index contributed by atoms with van der Waals surface area (Å²) in [4.78, 5) is 15.9. The third-order valence-electron chi connectivity index (χ3n) is 7.58. The molecule has 1 aliphatic heterocycles. The number of benzene rings is 3. The highest BCUT2D eigenvalue weighted by Crippen LogP contribution is 2.40. The van der Waals surface area contributed by atoms with Gasteiger partial charge in [-0.3, -0.25) is 9.29 Å². The zero-order valence-electron chi connectivity index (χ0n) is 25.3. The second kappa shape index (κ2) is 13.1. The number of hydrogen-bond donors (Lipinski definition) is 0. The van der Waals surface area contributed by atoms with Gasteiger partial charge in [-0.2, -0.15) is 0 Å². The highest BCUT2D eigenvalue weighted by molar-refractivity contribution is 6.32. The van der Waals surface area contributed by atoms with Crippen molar-refractivity contribution in [3.05, 3.63) is 100 Å². The SMILES string of the molecule is CC/C(=C(/c1ccc(OCCN2CC(CF)C2)cc1)c1cc2ccc(F)cc2n1C(=O)OC(C)(C)C)c1ccc(F)cc1Cl. The minimum Gasteiger partial charge on any atom is -0.492 e. The molecule has 2 heterocycles. The van der Waals surface area contributed by atoms with Gasteiger partial charge in [-0.25, -0.2) is 18.1 Å². The largest absolute Gasteiger partial charge is 0.492 e. The van der Waals surface area contributed by atoms with Crippen molar-refractivity contribution in [3.8, 4) is 5.75 Å². The molecule has 0 atom stereocenters. The predicted octanol–water partition coefficient (Wildman–Crippen LogP) is 9.01. The molecular formula is C35H36ClF3N2O3. The van der Waals surface area contributed by atoms with Crippen LogP contribution in [0.3, 0.4) is 0 Å². The van der Waals surface area contributed by atoms with E-state index in [-0.39, 0.29) is 17.6 Å². The molecule has 0 spiro atoms. The molecule has 0 bridgehead atoms. The Bertz CT molecular complexity index is 1690. The van der Waals surface area contributed by atoms with Gasteiger partial charge in [0.1, 0.15) is 29.6 Å². The van der Waals surface area contributed by atoms with Crippen molar-refractivity contribution in [2.75, 3.05) is 32.9 Å². The van der Waals surface area contributed by atoms with Gasteiger partial charge < -0.3 is 9.47 Å². The summed E-state index contributed by atoms with van der Waals surface area (Å²) in [6, 6.07) is 17.8. The van der Waals surface area contributed by atoms with Gasteiger partial charge in [0.05, 0.1) is 22.9 Å². The maximum atomic E-state index is 14.5. The molecule has 0 unspecified atom stereocenters.